The molecule has 0 atom stereocenters. The fourth-order valence-electron chi connectivity index (χ4n) is 2.96. The van der Waals surface area contributed by atoms with Crippen LogP contribution in [0.3, 0.4) is 0 Å². The van der Waals surface area contributed by atoms with Gasteiger partial charge in [0.15, 0.2) is 0 Å². The Morgan fingerprint density at radius 2 is 0.583 bits per heavy atom. The largest absolute Gasteiger partial charge is 0.379 e. The van der Waals surface area contributed by atoms with Crippen LogP contribution < -0.4 is 0 Å². The molecule has 0 N–H and O–H groups in total. The molecule has 224 valence electrons. The molecule has 0 amide bonds. The minimum absolute atomic E-state index is 0.102. The Labute approximate surface area is 231 Å². The Morgan fingerprint density at radius 3 is 0.833 bits per heavy atom. The Bertz CT molecular complexity index is 254. The van der Waals surface area contributed by atoms with Crippen molar-refractivity contribution in [3.8, 4) is 0 Å². The van der Waals surface area contributed by atoms with E-state index >= 15 is 0 Å². The molecule has 36 heavy (non-hydrogen) atoms. The van der Waals surface area contributed by atoms with Crippen LogP contribution in [0.2, 0.25) is 0 Å². The fourth-order valence-corrected chi connectivity index (χ4v) is 2.96. The van der Waals surface area contributed by atoms with E-state index in [-0.39, 0.29) is 6.10 Å². The van der Waals surface area contributed by atoms with Crippen LogP contribution in [0.15, 0.2) is 0 Å². The molecule has 3 heteroatoms. The van der Waals surface area contributed by atoms with Gasteiger partial charge in [-0.3, -0.25) is 0 Å². The predicted octanol–water partition coefficient (Wildman–Crippen LogP) is 11.6. The average molecular weight is 519 g/mol. The van der Waals surface area contributed by atoms with Gasteiger partial charge in [0.1, 0.15) is 6.10 Å². The number of hydrogen-bond donors (Lipinski definition) is 0. The molecular weight excluding hydrogens is 444 g/mol. The lowest BCUT2D eigenvalue weighted by molar-refractivity contribution is -0.0611. The van der Waals surface area contributed by atoms with Crippen molar-refractivity contribution >= 4 is 0 Å². The van der Waals surface area contributed by atoms with Gasteiger partial charge in [0.25, 0.3) is 0 Å². The van der Waals surface area contributed by atoms with E-state index in [2.05, 4.69) is 62.3 Å². The topological polar surface area (TPSA) is 27.7 Å². The lowest BCUT2D eigenvalue weighted by Crippen LogP contribution is -2.26. The quantitative estimate of drug-likeness (QED) is 0.126. The van der Waals surface area contributed by atoms with Gasteiger partial charge >= 0.3 is 0 Å². The van der Waals surface area contributed by atoms with Gasteiger partial charge in [0.2, 0.25) is 0 Å². The highest BCUT2D eigenvalue weighted by Crippen LogP contribution is 2.01. The van der Waals surface area contributed by atoms with Gasteiger partial charge in [-0.25, -0.2) is 0 Å². The van der Waals surface area contributed by atoms with Crippen molar-refractivity contribution in [1.29, 1.82) is 0 Å². The molecule has 0 aromatic rings. The maximum Gasteiger partial charge on any atom is 0.104 e. The zero-order chi connectivity index (χ0) is 28.0. The molecule has 0 heterocycles. The molecule has 0 unspecified atom stereocenters. The van der Waals surface area contributed by atoms with Crippen molar-refractivity contribution in [2.24, 2.45) is 0 Å². The number of hydrogen-bond acceptors (Lipinski definition) is 3. The minimum atomic E-state index is 0.102. The molecule has 0 saturated carbocycles. The first-order chi connectivity index (χ1) is 17.6. The van der Waals surface area contributed by atoms with Gasteiger partial charge < -0.3 is 14.2 Å². The highest BCUT2D eigenvalue weighted by molar-refractivity contribution is 4.56. The summed E-state index contributed by atoms with van der Waals surface area (Å²) in [6.07, 6.45) is 23.6. The molecule has 0 radical (unpaired) electrons. The maximum atomic E-state index is 5.79. The first kappa shape index (κ1) is 43.0. The molecule has 0 aliphatic rings. The van der Waals surface area contributed by atoms with E-state index < -0.39 is 0 Å². The predicted molar refractivity (Wildman–Crippen MR) is 166 cm³/mol. The molecule has 0 spiro atoms. The van der Waals surface area contributed by atoms with Crippen LogP contribution in [-0.2, 0) is 14.2 Å². The van der Waals surface area contributed by atoms with Gasteiger partial charge in [-0.05, 0) is 19.3 Å². The Balaban J connectivity index is -0.000000231. The third kappa shape index (κ3) is 54.7. The molecule has 3 nitrogen and oxygen atoms in total. The van der Waals surface area contributed by atoms with E-state index in [1.54, 1.807) is 0 Å². The summed E-state index contributed by atoms with van der Waals surface area (Å²) in [6, 6.07) is 0. The standard InChI is InChI=1S/C15H32O3.3C6H14/c1-4-7-10-16-13-15(18-12-9-6-3)14-17-11-8-5-2;3*1-3-5-6-4-2/h15H,4-14H2,1-3H3;3*3-6H2,1-2H3. The zero-order valence-corrected chi connectivity index (χ0v) is 27.1. The third-order valence-electron chi connectivity index (χ3n) is 5.61. The second-order valence-electron chi connectivity index (χ2n) is 9.82. The summed E-state index contributed by atoms with van der Waals surface area (Å²) in [7, 11) is 0. The van der Waals surface area contributed by atoms with Crippen molar-refractivity contribution in [1.82, 2.24) is 0 Å². The third-order valence-corrected chi connectivity index (χ3v) is 5.61. The monoisotopic (exact) mass is 519 g/mol. The molecule has 0 rings (SSSR count). The SMILES string of the molecule is CCCCCC.CCCCCC.CCCCCC.CCCCOCC(COCCCC)OCCCC. The van der Waals surface area contributed by atoms with Crippen LogP contribution in [0, 0.1) is 0 Å². The maximum absolute atomic E-state index is 5.79. The molecule has 0 aromatic carbocycles. The van der Waals surface area contributed by atoms with Crippen LogP contribution in [0.4, 0.5) is 0 Å². The second kappa shape index (κ2) is 48.0. The number of ether oxygens (including phenoxy) is 3. The normalized spacial score (nSPS) is 10.2. The zero-order valence-electron chi connectivity index (χ0n) is 27.1. The van der Waals surface area contributed by atoms with E-state index in [0.717, 1.165) is 39.1 Å². The van der Waals surface area contributed by atoms with Crippen molar-refractivity contribution in [2.45, 2.75) is 184 Å². The number of unbranched alkanes of at least 4 members (excludes halogenated alkanes) is 12. The summed E-state index contributed by atoms with van der Waals surface area (Å²) < 4.78 is 17.0. The lowest BCUT2D eigenvalue weighted by Gasteiger charge is -2.18. The first-order valence-corrected chi connectivity index (χ1v) is 16.4. The first-order valence-electron chi connectivity index (χ1n) is 16.4. The molecule has 0 bridgehead atoms. The van der Waals surface area contributed by atoms with Crippen molar-refractivity contribution < 1.29 is 14.2 Å². The lowest BCUT2D eigenvalue weighted by atomic mass is 10.2. The van der Waals surface area contributed by atoms with Crippen LogP contribution in [-0.4, -0.2) is 39.1 Å². The smallest absolute Gasteiger partial charge is 0.104 e. The van der Waals surface area contributed by atoms with E-state index in [4.69, 9.17) is 14.2 Å². The molecule has 0 aromatic heterocycles. The highest BCUT2D eigenvalue weighted by atomic mass is 16.6. The summed E-state index contributed by atoms with van der Waals surface area (Å²) in [5, 5.41) is 0. The molecule has 0 fully saturated rings. The van der Waals surface area contributed by atoms with Crippen LogP contribution >= 0.6 is 0 Å². The summed E-state index contributed by atoms with van der Waals surface area (Å²) in [5.41, 5.74) is 0. The highest BCUT2D eigenvalue weighted by Gasteiger charge is 2.09. The summed E-state index contributed by atoms with van der Waals surface area (Å²) in [4.78, 5) is 0. The summed E-state index contributed by atoms with van der Waals surface area (Å²) in [6.45, 7) is 23.7. The van der Waals surface area contributed by atoms with E-state index in [9.17, 15) is 0 Å². The van der Waals surface area contributed by atoms with E-state index in [1.807, 2.05) is 0 Å². The molecule has 0 aliphatic heterocycles. The van der Waals surface area contributed by atoms with Crippen LogP contribution in [0.5, 0.6) is 0 Å². The van der Waals surface area contributed by atoms with Crippen molar-refractivity contribution in [3.05, 3.63) is 0 Å². The van der Waals surface area contributed by atoms with Gasteiger partial charge in [-0.15, -0.1) is 0 Å². The average Bonchev–Trinajstić information content (AvgIpc) is 2.90. The second-order valence-corrected chi connectivity index (χ2v) is 9.82. The Morgan fingerprint density at radius 1 is 0.333 bits per heavy atom. The Kier molecular flexibility index (Phi) is 57.3. The number of rotatable bonds is 23. The van der Waals surface area contributed by atoms with Crippen molar-refractivity contribution in [3.63, 3.8) is 0 Å². The van der Waals surface area contributed by atoms with E-state index in [0.29, 0.717) is 13.2 Å². The van der Waals surface area contributed by atoms with Crippen LogP contribution in [0.25, 0.3) is 0 Å². The summed E-state index contributed by atoms with van der Waals surface area (Å²) >= 11 is 0. The molecular formula is C33H74O3. The van der Waals surface area contributed by atoms with Gasteiger partial charge in [-0.1, -0.05) is 159 Å². The molecule has 0 saturated heterocycles. The summed E-state index contributed by atoms with van der Waals surface area (Å²) in [5.74, 6) is 0. The van der Waals surface area contributed by atoms with Gasteiger partial charge in [0, 0.05) is 19.8 Å². The van der Waals surface area contributed by atoms with Crippen molar-refractivity contribution in [2.75, 3.05) is 33.0 Å². The van der Waals surface area contributed by atoms with E-state index in [1.165, 1.54) is 96.3 Å². The molecule has 0 aliphatic carbocycles. The Hall–Kier alpha value is -0.120. The fraction of sp³-hybridized carbons (Fsp3) is 1.00. The minimum Gasteiger partial charge on any atom is -0.379 e. The van der Waals surface area contributed by atoms with Gasteiger partial charge in [-0.2, -0.15) is 0 Å². The van der Waals surface area contributed by atoms with Gasteiger partial charge in [0.05, 0.1) is 13.2 Å². The van der Waals surface area contributed by atoms with Crippen LogP contribution in [0.1, 0.15) is 178 Å².